The summed E-state index contributed by atoms with van der Waals surface area (Å²) in [6.45, 7) is 11.4. The third-order valence-corrected chi connectivity index (χ3v) is 11.1. The lowest BCUT2D eigenvalue weighted by atomic mass is 9.70. The number of allylic oxidation sites excluding steroid dienone is 1. The first kappa shape index (κ1) is 37.5. The van der Waals surface area contributed by atoms with Crippen molar-refractivity contribution in [3.63, 3.8) is 0 Å². The lowest BCUT2D eigenvalue weighted by Gasteiger charge is -2.41. The van der Waals surface area contributed by atoms with Gasteiger partial charge >= 0.3 is 5.97 Å². The molecule has 0 aliphatic carbocycles. The molecule has 1 spiro atoms. The van der Waals surface area contributed by atoms with Crippen molar-refractivity contribution in [3.05, 3.63) is 97.1 Å². The van der Waals surface area contributed by atoms with E-state index in [-0.39, 0.29) is 42.2 Å². The number of nitrogens with one attached hydrogen (secondary N) is 1. The Bertz CT molecular complexity index is 1540. The molecule has 9 atom stereocenters. The molecule has 3 heterocycles. The molecule has 0 radical (unpaired) electrons. The Morgan fingerprint density at radius 1 is 1.12 bits per heavy atom. The minimum absolute atomic E-state index is 0.0329. The number of hydrogen-bond donors (Lipinski definition) is 2. The number of aliphatic hydroxyl groups excluding tert-OH is 1. The summed E-state index contributed by atoms with van der Waals surface area (Å²) in [5.74, 6) is -3.68. The van der Waals surface area contributed by atoms with E-state index in [2.05, 4.69) is 34.4 Å². The molecule has 2 aromatic carbocycles. The Kier molecular flexibility index (Phi) is 12.3. The van der Waals surface area contributed by atoms with Crippen molar-refractivity contribution in [1.82, 2.24) is 15.1 Å². The largest absolute Gasteiger partial charge is 0.455 e. The van der Waals surface area contributed by atoms with E-state index in [1.54, 1.807) is 17.1 Å². The van der Waals surface area contributed by atoms with E-state index in [4.69, 9.17) is 9.47 Å². The zero-order valence-corrected chi connectivity index (χ0v) is 30.4. The van der Waals surface area contributed by atoms with Crippen LogP contribution in [0.3, 0.4) is 0 Å². The Hall–Kier alpha value is -3.80. The monoisotopic (exact) mass is 749 g/mol. The molecule has 3 amide bonds. The zero-order chi connectivity index (χ0) is 36.0. The second-order valence-electron chi connectivity index (χ2n) is 13.4. The van der Waals surface area contributed by atoms with Crippen LogP contribution >= 0.6 is 15.9 Å². The lowest BCUT2D eigenvalue weighted by Crippen LogP contribution is -2.58. The molecule has 0 saturated carbocycles. The van der Waals surface area contributed by atoms with Crippen LogP contribution in [0.25, 0.3) is 0 Å². The highest BCUT2D eigenvalue weighted by Crippen LogP contribution is 2.61. The van der Waals surface area contributed by atoms with Crippen LogP contribution in [0.15, 0.2) is 86.0 Å². The van der Waals surface area contributed by atoms with Gasteiger partial charge in [0.05, 0.1) is 37.1 Å². The summed E-state index contributed by atoms with van der Waals surface area (Å²) in [6, 6.07) is 16.1. The van der Waals surface area contributed by atoms with Crippen molar-refractivity contribution in [2.75, 3.05) is 19.7 Å². The predicted molar refractivity (Wildman–Crippen MR) is 193 cm³/mol. The number of likely N-dealkylation sites (tertiary alicyclic amines) is 1. The van der Waals surface area contributed by atoms with Crippen LogP contribution in [0.5, 0.6) is 0 Å². The first-order chi connectivity index (χ1) is 24.1. The van der Waals surface area contributed by atoms with E-state index in [1.807, 2.05) is 74.5 Å². The van der Waals surface area contributed by atoms with Gasteiger partial charge in [-0.2, -0.15) is 0 Å². The van der Waals surface area contributed by atoms with Crippen LogP contribution in [0, 0.1) is 11.8 Å². The van der Waals surface area contributed by atoms with Crippen LogP contribution in [0.1, 0.15) is 69.2 Å². The molecule has 0 aromatic heterocycles. The molecule has 2 bridgehead atoms. The van der Waals surface area contributed by atoms with Gasteiger partial charge in [-0.15, -0.1) is 13.2 Å². The average Bonchev–Trinajstić information content (AvgIpc) is 3.72. The van der Waals surface area contributed by atoms with Crippen LogP contribution in [-0.2, 0) is 28.7 Å². The van der Waals surface area contributed by atoms with E-state index in [1.165, 1.54) is 4.90 Å². The lowest BCUT2D eigenvalue weighted by molar-refractivity contribution is -0.161. The Labute approximate surface area is 303 Å². The molecule has 268 valence electrons. The first-order valence-electron chi connectivity index (χ1n) is 17.5. The van der Waals surface area contributed by atoms with E-state index >= 15 is 0 Å². The van der Waals surface area contributed by atoms with Crippen LogP contribution in [0.4, 0.5) is 0 Å². The van der Waals surface area contributed by atoms with Gasteiger partial charge < -0.3 is 29.7 Å². The maximum Gasteiger partial charge on any atom is 0.313 e. The number of ether oxygens (including phenoxy) is 2. The Morgan fingerprint density at radius 2 is 1.78 bits per heavy atom. The maximum atomic E-state index is 14.9. The SMILES string of the molecule is C=CCCC(=O)NC[C@@H](OC(=O)[C@H]1[C@@H]2O[C@@]3(CC2Br)[C@@H]1C(=O)N([C@H](CO)c1ccccc1)[C@@H]3C(=O)N(CC=C)C(C)CCC)c1ccccc1. The van der Waals surface area contributed by atoms with Gasteiger partial charge in [0.15, 0.2) is 0 Å². The van der Waals surface area contributed by atoms with Crippen molar-refractivity contribution < 1.29 is 33.8 Å². The highest BCUT2D eigenvalue weighted by atomic mass is 79.9. The third kappa shape index (κ3) is 7.18. The van der Waals surface area contributed by atoms with Gasteiger partial charge in [-0.3, -0.25) is 19.2 Å². The number of hydrogen-bond acceptors (Lipinski definition) is 7. The molecular weight excluding hydrogens is 702 g/mol. The fourth-order valence-corrected chi connectivity index (χ4v) is 8.92. The second kappa shape index (κ2) is 16.5. The zero-order valence-electron chi connectivity index (χ0n) is 28.8. The molecule has 3 aliphatic heterocycles. The van der Waals surface area contributed by atoms with Crippen molar-refractivity contribution in [2.45, 2.75) is 86.7 Å². The molecule has 50 heavy (non-hydrogen) atoms. The van der Waals surface area contributed by atoms with Gasteiger partial charge in [-0.25, -0.2) is 0 Å². The van der Waals surface area contributed by atoms with Crippen LogP contribution in [0.2, 0.25) is 0 Å². The number of fused-ring (bicyclic) bond motifs is 1. The Balaban J connectivity index is 1.54. The Morgan fingerprint density at radius 3 is 2.38 bits per heavy atom. The number of carbonyl (C=O) groups is 4. The topological polar surface area (TPSA) is 125 Å². The average molecular weight is 751 g/mol. The summed E-state index contributed by atoms with van der Waals surface area (Å²) < 4.78 is 12.9. The van der Waals surface area contributed by atoms with E-state index in [0.29, 0.717) is 24.0 Å². The minimum Gasteiger partial charge on any atom is -0.455 e. The van der Waals surface area contributed by atoms with Crippen LogP contribution < -0.4 is 5.32 Å². The molecule has 11 heteroatoms. The summed E-state index contributed by atoms with van der Waals surface area (Å²) in [5.41, 5.74) is -0.0125. The fourth-order valence-electron chi connectivity index (χ4n) is 7.98. The van der Waals surface area contributed by atoms with Crippen molar-refractivity contribution >= 4 is 39.6 Å². The number of amides is 3. The number of nitrogens with zero attached hydrogens (tertiary/aromatic N) is 2. The second-order valence-corrected chi connectivity index (χ2v) is 14.6. The standard InChI is InChI=1S/C39H48BrN3O7/c1-5-8-20-31(45)41-23-30(27-18-13-10-14-19-27)49-38(48)32-33-36(46)43(29(24-44)26-16-11-9-12-17-26)35(39(33)22-28(40)34(32)50-39)37(47)42(21-7-3)25(4)15-6-2/h5,7,9-14,16-19,25,28-30,32-35,44H,1,3,6,8,15,20-24H2,2,4H3,(H,41,45)/t25?,28?,29-,30-,32-,33+,34-,35-,39+/m1/s1. The van der Waals surface area contributed by atoms with E-state index in [0.717, 1.165) is 12.8 Å². The number of benzene rings is 2. The number of esters is 1. The molecule has 3 fully saturated rings. The van der Waals surface area contributed by atoms with E-state index in [9.17, 15) is 24.3 Å². The van der Waals surface area contributed by atoms with Crippen LogP contribution in [-0.4, -0.2) is 86.9 Å². The highest BCUT2D eigenvalue weighted by Gasteiger charge is 2.77. The van der Waals surface area contributed by atoms with Crippen molar-refractivity contribution in [1.29, 1.82) is 0 Å². The van der Waals surface area contributed by atoms with Crippen molar-refractivity contribution in [2.24, 2.45) is 11.8 Å². The summed E-state index contributed by atoms with van der Waals surface area (Å²) in [7, 11) is 0. The predicted octanol–water partition coefficient (Wildman–Crippen LogP) is 5.04. The molecule has 2 unspecified atom stereocenters. The molecule has 3 saturated heterocycles. The van der Waals surface area contributed by atoms with Gasteiger partial charge in [0.2, 0.25) is 17.7 Å². The molecule has 2 aromatic rings. The first-order valence-corrected chi connectivity index (χ1v) is 18.4. The highest BCUT2D eigenvalue weighted by molar-refractivity contribution is 9.09. The van der Waals surface area contributed by atoms with Gasteiger partial charge in [0.1, 0.15) is 17.7 Å². The number of aliphatic hydroxyl groups is 1. The summed E-state index contributed by atoms with van der Waals surface area (Å²) in [6.07, 6.45) is 4.41. The van der Waals surface area contributed by atoms with Gasteiger partial charge in [0.25, 0.3) is 0 Å². The van der Waals surface area contributed by atoms with Gasteiger partial charge in [-0.05, 0) is 37.3 Å². The maximum absolute atomic E-state index is 14.9. The number of alkyl halides is 1. The summed E-state index contributed by atoms with van der Waals surface area (Å²) >= 11 is 3.74. The summed E-state index contributed by atoms with van der Waals surface area (Å²) in [5, 5.41) is 13.7. The molecule has 10 nitrogen and oxygen atoms in total. The molecule has 2 N–H and O–H groups in total. The summed E-state index contributed by atoms with van der Waals surface area (Å²) in [4.78, 5) is 59.6. The molecular formula is C39H48BrN3O7. The number of halogens is 1. The fraction of sp³-hybridized carbons (Fsp3) is 0.487. The third-order valence-electron chi connectivity index (χ3n) is 10.3. The molecule has 3 aliphatic rings. The van der Waals surface area contributed by atoms with Gasteiger partial charge in [-0.1, -0.05) is 102 Å². The number of rotatable bonds is 17. The quantitative estimate of drug-likeness (QED) is 0.132. The van der Waals surface area contributed by atoms with Gasteiger partial charge in [0, 0.05) is 23.8 Å². The normalized spacial score (nSPS) is 26.8. The number of carbonyl (C=O) groups excluding carboxylic acids is 4. The molecule has 5 rings (SSSR count). The van der Waals surface area contributed by atoms with Crippen molar-refractivity contribution in [3.8, 4) is 0 Å². The van der Waals surface area contributed by atoms with E-state index < -0.39 is 60.2 Å². The minimum atomic E-state index is -1.36. The smallest absolute Gasteiger partial charge is 0.313 e.